The van der Waals surface area contributed by atoms with Crippen molar-refractivity contribution in [2.24, 2.45) is 0 Å². The number of carbonyl (C=O) groups excluding carboxylic acids is 2. The molecule has 2 heterocycles. The van der Waals surface area contributed by atoms with Crippen molar-refractivity contribution >= 4 is 11.8 Å². The fourth-order valence-electron chi connectivity index (χ4n) is 5.54. The highest BCUT2D eigenvalue weighted by molar-refractivity contribution is 6.21. The molecule has 3 aliphatic rings. The Labute approximate surface area is 190 Å². The second kappa shape index (κ2) is 9.45. The lowest BCUT2D eigenvalue weighted by molar-refractivity contribution is 0.0646. The van der Waals surface area contributed by atoms with Gasteiger partial charge in [-0.3, -0.25) is 14.5 Å². The van der Waals surface area contributed by atoms with Crippen molar-refractivity contribution < 1.29 is 14.3 Å². The second-order valence-electron chi connectivity index (χ2n) is 9.28. The predicted octanol–water partition coefficient (Wildman–Crippen LogP) is 4.66. The van der Waals surface area contributed by atoms with Crippen molar-refractivity contribution in [1.29, 1.82) is 0 Å². The van der Waals surface area contributed by atoms with E-state index >= 15 is 0 Å². The number of piperidine rings is 1. The van der Waals surface area contributed by atoms with Gasteiger partial charge >= 0.3 is 0 Å². The molecule has 1 aliphatic carbocycles. The third kappa shape index (κ3) is 4.18. The number of amides is 2. The molecule has 2 aromatic rings. The predicted molar refractivity (Wildman–Crippen MR) is 124 cm³/mol. The number of fused-ring (bicyclic) bond motifs is 2. The lowest BCUT2D eigenvalue weighted by atomic mass is 9.82. The van der Waals surface area contributed by atoms with E-state index < -0.39 is 0 Å². The van der Waals surface area contributed by atoms with Crippen LogP contribution in [-0.2, 0) is 6.42 Å². The molecule has 0 bridgehead atoms. The zero-order chi connectivity index (χ0) is 21.9. The third-order valence-corrected chi connectivity index (χ3v) is 7.18. The molecule has 0 N–H and O–H groups in total. The third-order valence-electron chi connectivity index (χ3n) is 7.18. The van der Waals surface area contributed by atoms with E-state index in [4.69, 9.17) is 4.74 Å². The molecule has 2 aliphatic heterocycles. The van der Waals surface area contributed by atoms with E-state index in [0.717, 1.165) is 18.7 Å². The summed E-state index contributed by atoms with van der Waals surface area (Å²) < 4.78 is 6.19. The van der Waals surface area contributed by atoms with E-state index in [1.54, 1.807) is 24.3 Å². The van der Waals surface area contributed by atoms with Crippen LogP contribution in [0.5, 0.6) is 5.75 Å². The van der Waals surface area contributed by atoms with Crippen LogP contribution >= 0.6 is 0 Å². The van der Waals surface area contributed by atoms with Gasteiger partial charge in [0.2, 0.25) is 0 Å². The molecule has 168 valence electrons. The molecule has 2 amide bonds. The van der Waals surface area contributed by atoms with Gasteiger partial charge in [0.05, 0.1) is 17.7 Å². The molecular weight excluding hydrogens is 400 g/mol. The largest absolute Gasteiger partial charge is 0.493 e. The van der Waals surface area contributed by atoms with Crippen molar-refractivity contribution in [2.75, 3.05) is 32.8 Å². The first kappa shape index (κ1) is 21.2. The Morgan fingerprint density at radius 3 is 2.38 bits per heavy atom. The average molecular weight is 433 g/mol. The molecule has 5 heteroatoms. The van der Waals surface area contributed by atoms with Crippen LogP contribution in [0.15, 0.2) is 42.5 Å². The Kier molecular flexibility index (Phi) is 6.26. The summed E-state index contributed by atoms with van der Waals surface area (Å²) in [6.45, 7) is 4.52. The number of likely N-dealkylation sites (tertiary alicyclic amines) is 1. The van der Waals surface area contributed by atoms with Crippen molar-refractivity contribution in [3.63, 3.8) is 0 Å². The summed E-state index contributed by atoms with van der Waals surface area (Å²) in [6.07, 6.45) is 8.20. The van der Waals surface area contributed by atoms with Crippen molar-refractivity contribution in [3.8, 4) is 5.75 Å². The van der Waals surface area contributed by atoms with Gasteiger partial charge < -0.3 is 9.64 Å². The summed E-state index contributed by atoms with van der Waals surface area (Å²) in [5.41, 5.74) is 3.84. The fraction of sp³-hybridized carbons (Fsp3) is 0.481. The Hall–Kier alpha value is -2.66. The van der Waals surface area contributed by atoms with Gasteiger partial charge in [-0.1, -0.05) is 30.7 Å². The standard InChI is InChI=1S/C27H32N2O3/c30-26-23-10-2-3-11-24(23)27(31)29(26)17-8-18-32-25-14-7-12-21-20(9-6-13-22(21)25)19-28-15-4-1-5-16-28/h2-3,7,10-12,14,20H,1,4-6,8-9,13,15-19H2. The van der Waals surface area contributed by atoms with Crippen molar-refractivity contribution in [2.45, 2.75) is 50.9 Å². The summed E-state index contributed by atoms with van der Waals surface area (Å²) >= 11 is 0. The van der Waals surface area contributed by atoms with Crippen LogP contribution in [0.25, 0.3) is 0 Å². The molecule has 0 aromatic heterocycles. The molecule has 32 heavy (non-hydrogen) atoms. The molecule has 0 radical (unpaired) electrons. The highest BCUT2D eigenvalue weighted by Gasteiger charge is 2.34. The molecule has 1 fully saturated rings. The topological polar surface area (TPSA) is 49.9 Å². The maximum Gasteiger partial charge on any atom is 0.261 e. The quantitative estimate of drug-likeness (QED) is 0.472. The minimum atomic E-state index is -0.191. The summed E-state index contributed by atoms with van der Waals surface area (Å²) in [6, 6.07) is 13.5. The van der Waals surface area contributed by atoms with Crippen LogP contribution in [0.4, 0.5) is 0 Å². The van der Waals surface area contributed by atoms with Gasteiger partial charge in [0.15, 0.2) is 0 Å². The normalized spacial score (nSPS) is 20.9. The summed E-state index contributed by atoms with van der Waals surface area (Å²) in [7, 11) is 0. The molecule has 1 saturated heterocycles. The molecule has 5 rings (SSSR count). The molecule has 1 unspecified atom stereocenters. The molecule has 0 saturated carbocycles. The number of nitrogens with zero attached hydrogens (tertiary/aromatic N) is 2. The molecule has 1 atom stereocenters. The Morgan fingerprint density at radius 2 is 1.62 bits per heavy atom. The van der Waals surface area contributed by atoms with Gasteiger partial charge in [-0.15, -0.1) is 0 Å². The number of rotatable bonds is 7. The maximum absolute atomic E-state index is 12.5. The van der Waals surface area contributed by atoms with Crippen LogP contribution in [-0.4, -0.2) is 54.4 Å². The fourth-order valence-corrected chi connectivity index (χ4v) is 5.54. The SMILES string of the molecule is O=C1c2ccccc2C(=O)N1CCCOc1cccc2c1CCCC2CN1CCCCC1. The zero-order valence-electron chi connectivity index (χ0n) is 18.7. The molecular formula is C27H32N2O3. The first-order chi connectivity index (χ1) is 15.7. The zero-order valence-corrected chi connectivity index (χ0v) is 18.7. The lowest BCUT2D eigenvalue weighted by Crippen LogP contribution is -2.34. The Bertz CT molecular complexity index is 961. The van der Waals surface area contributed by atoms with Crippen LogP contribution < -0.4 is 4.74 Å². The van der Waals surface area contributed by atoms with Crippen LogP contribution in [0, 0.1) is 0 Å². The highest BCUT2D eigenvalue weighted by Crippen LogP contribution is 2.37. The molecule has 2 aromatic carbocycles. The number of benzene rings is 2. The van der Waals surface area contributed by atoms with Crippen LogP contribution in [0.2, 0.25) is 0 Å². The van der Waals surface area contributed by atoms with Gasteiger partial charge in [0.1, 0.15) is 5.75 Å². The van der Waals surface area contributed by atoms with E-state index in [9.17, 15) is 9.59 Å². The van der Waals surface area contributed by atoms with Gasteiger partial charge in [-0.2, -0.15) is 0 Å². The van der Waals surface area contributed by atoms with Gasteiger partial charge in [-0.25, -0.2) is 0 Å². The molecule has 0 spiro atoms. The average Bonchev–Trinajstić information content (AvgIpc) is 3.08. The molecule has 5 nitrogen and oxygen atoms in total. The minimum Gasteiger partial charge on any atom is -0.493 e. The summed E-state index contributed by atoms with van der Waals surface area (Å²) in [4.78, 5) is 29.0. The Morgan fingerprint density at radius 1 is 0.875 bits per heavy atom. The second-order valence-corrected chi connectivity index (χ2v) is 9.28. The van der Waals surface area contributed by atoms with E-state index in [1.807, 2.05) is 0 Å². The van der Waals surface area contributed by atoms with E-state index in [2.05, 4.69) is 23.1 Å². The van der Waals surface area contributed by atoms with E-state index in [0.29, 0.717) is 36.6 Å². The smallest absolute Gasteiger partial charge is 0.261 e. The van der Waals surface area contributed by atoms with Crippen LogP contribution in [0.3, 0.4) is 0 Å². The maximum atomic E-state index is 12.5. The number of imide groups is 1. The minimum absolute atomic E-state index is 0.191. The van der Waals surface area contributed by atoms with Crippen molar-refractivity contribution in [3.05, 3.63) is 64.7 Å². The Balaban J connectivity index is 1.18. The highest BCUT2D eigenvalue weighted by atomic mass is 16.5. The van der Waals surface area contributed by atoms with Gasteiger partial charge in [0.25, 0.3) is 11.8 Å². The van der Waals surface area contributed by atoms with Crippen molar-refractivity contribution in [1.82, 2.24) is 9.80 Å². The van der Waals surface area contributed by atoms with E-state index in [1.165, 1.54) is 61.2 Å². The number of hydrogen-bond donors (Lipinski definition) is 0. The first-order valence-electron chi connectivity index (χ1n) is 12.1. The number of ether oxygens (including phenoxy) is 1. The monoisotopic (exact) mass is 432 g/mol. The summed E-state index contributed by atoms with van der Waals surface area (Å²) in [5.74, 6) is 1.19. The van der Waals surface area contributed by atoms with Gasteiger partial charge in [0, 0.05) is 13.1 Å². The van der Waals surface area contributed by atoms with E-state index in [-0.39, 0.29) is 11.8 Å². The van der Waals surface area contributed by atoms with Gasteiger partial charge in [-0.05, 0) is 86.9 Å². The van der Waals surface area contributed by atoms with Crippen LogP contribution in [0.1, 0.15) is 76.3 Å². The number of hydrogen-bond acceptors (Lipinski definition) is 4. The summed E-state index contributed by atoms with van der Waals surface area (Å²) in [5, 5.41) is 0. The first-order valence-corrected chi connectivity index (χ1v) is 12.1. The lowest BCUT2D eigenvalue weighted by Gasteiger charge is -2.34. The number of carbonyl (C=O) groups is 2.